The van der Waals surface area contributed by atoms with E-state index in [0.29, 0.717) is 23.3 Å². The fourth-order valence-corrected chi connectivity index (χ4v) is 13.9. The molecule has 4 saturated carbocycles. The Hall–Kier alpha value is -3.14. The molecule has 0 heterocycles. The van der Waals surface area contributed by atoms with Crippen molar-refractivity contribution in [2.45, 2.75) is 106 Å². The van der Waals surface area contributed by atoms with Crippen molar-refractivity contribution in [3.8, 4) is 0 Å². The van der Waals surface area contributed by atoms with Gasteiger partial charge in [-0.05, 0) is 151 Å². The van der Waals surface area contributed by atoms with Crippen molar-refractivity contribution in [1.82, 2.24) is 0 Å². The van der Waals surface area contributed by atoms with Gasteiger partial charge in [0.2, 0.25) is 0 Å². The molecule has 0 saturated heterocycles. The van der Waals surface area contributed by atoms with Crippen LogP contribution in [0.5, 0.6) is 0 Å². The van der Waals surface area contributed by atoms with Gasteiger partial charge in [-0.3, -0.25) is 4.79 Å². The van der Waals surface area contributed by atoms with E-state index in [2.05, 4.69) is 96.7 Å². The number of methoxy groups -OCH3 is 1. The summed E-state index contributed by atoms with van der Waals surface area (Å²) in [5.41, 5.74) is 5.14. The SMILES string of the molecule is C=C(C)[C@@]1(Cc2ccccc2)CC[C@@]2(C(=O)O)CC[C@]3(C)[C@H](CC[C@@H]4[C@@]5(C)CC=C(c6ccc(C(=O)OC)cc6)C(C)(C)[C@@H]5CC[C@]43C)[C@H]12. The maximum Gasteiger partial charge on any atom is 0.337 e. The quantitative estimate of drug-likeness (QED) is 0.247. The Labute approximate surface area is 294 Å². The van der Waals surface area contributed by atoms with Crippen LogP contribution >= 0.6 is 0 Å². The highest BCUT2D eigenvalue weighted by Gasteiger charge is 2.74. The molecule has 0 aliphatic heterocycles. The molecule has 4 heteroatoms. The molecular formula is C45H58O4. The van der Waals surface area contributed by atoms with Gasteiger partial charge in [0.1, 0.15) is 0 Å². The van der Waals surface area contributed by atoms with Crippen molar-refractivity contribution < 1.29 is 19.4 Å². The molecule has 0 aromatic heterocycles. The smallest absolute Gasteiger partial charge is 0.337 e. The number of aliphatic carboxylic acids is 1. The summed E-state index contributed by atoms with van der Waals surface area (Å²) in [6.07, 6.45) is 12.6. The van der Waals surface area contributed by atoms with Crippen LogP contribution in [0.4, 0.5) is 0 Å². The fourth-order valence-electron chi connectivity index (χ4n) is 13.9. The van der Waals surface area contributed by atoms with Crippen molar-refractivity contribution >= 4 is 17.5 Å². The van der Waals surface area contributed by atoms with Gasteiger partial charge in [0.15, 0.2) is 0 Å². The molecule has 2 aromatic rings. The van der Waals surface area contributed by atoms with Crippen LogP contribution in [0.3, 0.4) is 0 Å². The number of carboxylic acid groups (broad SMARTS) is 1. The number of fused-ring (bicyclic) bond motifs is 7. The lowest BCUT2D eigenvalue weighted by Crippen LogP contribution is -2.66. The van der Waals surface area contributed by atoms with Crippen LogP contribution in [0.25, 0.3) is 5.57 Å². The minimum atomic E-state index is -0.671. The lowest BCUT2D eigenvalue weighted by molar-refractivity contribution is -0.233. The monoisotopic (exact) mass is 662 g/mol. The third kappa shape index (κ3) is 4.60. The molecular weight excluding hydrogens is 604 g/mol. The van der Waals surface area contributed by atoms with E-state index in [9.17, 15) is 14.7 Å². The van der Waals surface area contributed by atoms with Gasteiger partial charge < -0.3 is 9.84 Å². The number of carboxylic acids is 1. The molecule has 49 heavy (non-hydrogen) atoms. The first kappa shape index (κ1) is 34.3. The molecule has 1 N–H and O–H groups in total. The lowest BCUT2D eigenvalue weighted by atomic mass is 9.32. The average molecular weight is 663 g/mol. The number of allylic oxidation sites excluding steroid dienone is 3. The first-order valence-electron chi connectivity index (χ1n) is 18.9. The molecule has 2 aromatic carbocycles. The molecule has 0 bridgehead atoms. The summed E-state index contributed by atoms with van der Waals surface area (Å²) < 4.78 is 4.95. The Morgan fingerprint density at radius 1 is 0.837 bits per heavy atom. The summed E-state index contributed by atoms with van der Waals surface area (Å²) >= 11 is 0. The number of rotatable bonds is 6. The number of carbonyl (C=O) groups excluding carboxylic acids is 1. The Kier molecular flexibility index (Phi) is 8.01. The molecule has 4 nitrogen and oxygen atoms in total. The van der Waals surface area contributed by atoms with E-state index in [1.54, 1.807) is 0 Å². The summed E-state index contributed by atoms with van der Waals surface area (Å²) in [7, 11) is 1.43. The normalized spacial score (nSPS) is 40.5. The van der Waals surface area contributed by atoms with Crippen molar-refractivity contribution in [3.63, 3.8) is 0 Å². The zero-order valence-corrected chi connectivity index (χ0v) is 31.0. The summed E-state index contributed by atoms with van der Waals surface area (Å²) in [5, 5.41) is 11.1. The van der Waals surface area contributed by atoms with Gasteiger partial charge in [0, 0.05) is 0 Å². The van der Waals surface area contributed by atoms with Crippen LogP contribution in [0.2, 0.25) is 0 Å². The number of benzene rings is 2. The highest BCUT2D eigenvalue weighted by Crippen LogP contribution is 2.79. The topological polar surface area (TPSA) is 63.6 Å². The van der Waals surface area contributed by atoms with Crippen LogP contribution < -0.4 is 0 Å². The van der Waals surface area contributed by atoms with Crippen molar-refractivity contribution in [2.75, 3.05) is 7.11 Å². The summed E-state index contributed by atoms with van der Waals surface area (Å²) in [6.45, 7) is 19.6. The van der Waals surface area contributed by atoms with E-state index >= 15 is 0 Å². The van der Waals surface area contributed by atoms with Crippen LogP contribution in [0, 0.1) is 56.2 Å². The van der Waals surface area contributed by atoms with Gasteiger partial charge in [0.25, 0.3) is 0 Å². The van der Waals surface area contributed by atoms with Crippen LogP contribution in [0.15, 0.2) is 72.8 Å². The molecule has 0 unspecified atom stereocenters. The van der Waals surface area contributed by atoms with Crippen molar-refractivity contribution in [1.29, 1.82) is 0 Å². The van der Waals surface area contributed by atoms with E-state index in [-0.39, 0.29) is 39.0 Å². The number of carbonyl (C=O) groups is 2. The van der Waals surface area contributed by atoms with E-state index in [0.717, 1.165) is 44.9 Å². The largest absolute Gasteiger partial charge is 0.481 e. The molecule has 0 spiro atoms. The van der Waals surface area contributed by atoms with Crippen molar-refractivity contribution in [3.05, 3.63) is 89.5 Å². The Balaban J connectivity index is 1.26. The maximum atomic E-state index is 13.5. The number of esters is 1. The molecule has 4 fully saturated rings. The lowest BCUT2D eigenvalue weighted by Gasteiger charge is -2.72. The molecule has 5 aliphatic carbocycles. The second-order valence-corrected chi connectivity index (χ2v) is 18.3. The predicted octanol–water partition coefficient (Wildman–Crippen LogP) is 10.8. The van der Waals surface area contributed by atoms with Crippen LogP contribution in [-0.4, -0.2) is 24.2 Å². The van der Waals surface area contributed by atoms with E-state index < -0.39 is 11.4 Å². The van der Waals surface area contributed by atoms with Gasteiger partial charge in [0.05, 0.1) is 18.1 Å². The Bertz CT molecular complexity index is 1690. The maximum absolute atomic E-state index is 13.5. The van der Waals surface area contributed by atoms with Crippen LogP contribution in [0.1, 0.15) is 121 Å². The fraction of sp³-hybridized carbons (Fsp3) is 0.600. The first-order valence-corrected chi connectivity index (χ1v) is 18.9. The second-order valence-electron chi connectivity index (χ2n) is 18.3. The minimum absolute atomic E-state index is 0.0138. The highest BCUT2D eigenvalue weighted by molar-refractivity contribution is 5.90. The van der Waals surface area contributed by atoms with Gasteiger partial charge in [-0.25, -0.2) is 4.79 Å². The minimum Gasteiger partial charge on any atom is -0.481 e. The molecule has 9 atom stereocenters. The molecule has 7 rings (SSSR count). The summed E-state index contributed by atoms with van der Waals surface area (Å²) in [4.78, 5) is 25.7. The van der Waals surface area contributed by atoms with E-state index in [1.165, 1.54) is 48.6 Å². The predicted molar refractivity (Wildman–Crippen MR) is 197 cm³/mol. The van der Waals surface area contributed by atoms with E-state index in [1.807, 2.05) is 12.1 Å². The van der Waals surface area contributed by atoms with Gasteiger partial charge >= 0.3 is 11.9 Å². The van der Waals surface area contributed by atoms with Gasteiger partial charge in [-0.15, -0.1) is 0 Å². The third-order valence-electron chi connectivity index (χ3n) is 16.5. The average Bonchev–Trinajstić information content (AvgIpc) is 3.41. The Morgan fingerprint density at radius 3 is 2.14 bits per heavy atom. The molecule has 262 valence electrons. The van der Waals surface area contributed by atoms with E-state index in [4.69, 9.17) is 4.74 Å². The van der Waals surface area contributed by atoms with Crippen LogP contribution in [-0.2, 0) is 16.0 Å². The number of ether oxygens (including phenoxy) is 1. The van der Waals surface area contributed by atoms with Gasteiger partial charge in [-0.1, -0.05) is 95.3 Å². The standard InChI is InChI=1S/C45H58O4/c1-29(2)45(28-30-12-10-9-11-13-30)27-26-44(39(47)48)25-24-42(6)34(37(44)45)18-19-36-41(5)22-20-33(31-14-16-32(17-15-31)38(46)49-8)40(3,4)35(41)21-23-43(36,42)7/h9-17,20,34-37H,1,18-19,21-28H2,2-8H3,(H,47,48)/t34-,35+,36-,37+,41+,42-,43-,44+,45+/m1/s1. The summed E-state index contributed by atoms with van der Waals surface area (Å²) in [5.74, 6) is 0.709. The third-order valence-corrected chi connectivity index (χ3v) is 16.5. The number of hydrogen-bond donors (Lipinski definition) is 1. The van der Waals surface area contributed by atoms with Gasteiger partial charge in [-0.2, -0.15) is 0 Å². The zero-order chi connectivity index (χ0) is 35.2. The molecule has 5 aliphatic rings. The zero-order valence-electron chi connectivity index (χ0n) is 31.0. The van der Waals surface area contributed by atoms with Crippen molar-refractivity contribution in [2.24, 2.45) is 56.2 Å². The molecule has 0 radical (unpaired) electrons. The number of hydrogen-bond acceptors (Lipinski definition) is 3. The highest BCUT2D eigenvalue weighted by atomic mass is 16.5. The Morgan fingerprint density at radius 2 is 1.51 bits per heavy atom. The first-order chi connectivity index (χ1) is 23.1. The second kappa shape index (κ2) is 11.4. The summed E-state index contributed by atoms with van der Waals surface area (Å²) in [6, 6.07) is 18.8. The molecule has 0 amide bonds.